The van der Waals surface area contributed by atoms with Crippen LogP contribution in [0.4, 0.5) is 0 Å². The number of nitrogens with one attached hydrogen (secondary N) is 1. The molecule has 24 heavy (non-hydrogen) atoms. The van der Waals surface area contributed by atoms with Gasteiger partial charge in [-0.05, 0) is 43.2 Å². The normalized spacial score (nSPS) is 11.3. The van der Waals surface area contributed by atoms with E-state index in [4.69, 9.17) is 0 Å². The summed E-state index contributed by atoms with van der Waals surface area (Å²) in [6.45, 7) is 2.33. The zero-order valence-electron chi connectivity index (χ0n) is 14.1. The maximum atomic E-state index is 12.3. The molecule has 1 N–H and O–H groups in total. The van der Waals surface area contributed by atoms with Crippen LogP contribution in [0.25, 0.3) is 0 Å². The first kappa shape index (κ1) is 18.2. The van der Waals surface area contributed by atoms with Gasteiger partial charge in [-0.2, -0.15) is 0 Å². The number of rotatable bonds is 6. The molecule has 0 aromatic heterocycles. The Balaban J connectivity index is 2.01. The van der Waals surface area contributed by atoms with E-state index in [1.165, 1.54) is 29.2 Å². The molecule has 0 spiro atoms. The van der Waals surface area contributed by atoms with Crippen LogP contribution in [0.3, 0.4) is 0 Å². The van der Waals surface area contributed by atoms with Crippen LogP contribution in [0.2, 0.25) is 0 Å². The first-order chi connectivity index (χ1) is 11.3. The molecule has 2 aromatic carbocycles. The lowest BCUT2D eigenvalue weighted by molar-refractivity contribution is 0.0827. The highest BCUT2D eigenvalue weighted by atomic mass is 32.2. The molecule has 0 atom stereocenters. The second-order valence-corrected chi connectivity index (χ2v) is 7.63. The molecule has 0 radical (unpaired) electrons. The number of hydrogen-bond acceptors (Lipinski definition) is 3. The Bertz CT molecular complexity index is 812. The standard InChI is InChI=1S/C18H22N2O3S/c1-14-5-4-6-15(13-14)11-12-19-24(22,23)17-9-7-16(8-10-17)18(21)20(2)3/h4-10,13,19H,11-12H2,1-3H3. The third-order valence-corrected chi connectivity index (χ3v) is 5.08. The Kier molecular flexibility index (Phi) is 5.75. The molecular weight excluding hydrogens is 324 g/mol. The molecule has 0 unspecified atom stereocenters. The minimum atomic E-state index is -3.58. The zero-order valence-corrected chi connectivity index (χ0v) is 14.9. The summed E-state index contributed by atoms with van der Waals surface area (Å²) in [4.78, 5) is 13.4. The van der Waals surface area contributed by atoms with Crippen LogP contribution in [-0.4, -0.2) is 39.9 Å². The highest BCUT2D eigenvalue weighted by Gasteiger charge is 2.15. The summed E-state index contributed by atoms with van der Waals surface area (Å²) in [5, 5.41) is 0. The van der Waals surface area contributed by atoms with E-state index in [0.29, 0.717) is 18.5 Å². The number of aryl methyl sites for hydroxylation is 1. The Morgan fingerprint density at radius 3 is 2.33 bits per heavy atom. The second-order valence-electron chi connectivity index (χ2n) is 5.86. The van der Waals surface area contributed by atoms with E-state index < -0.39 is 10.0 Å². The average Bonchev–Trinajstić information content (AvgIpc) is 2.54. The topological polar surface area (TPSA) is 66.5 Å². The van der Waals surface area contributed by atoms with E-state index in [-0.39, 0.29) is 10.8 Å². The van der Waals surface area contributed by atoms with Crippen molar-refractivity contribution in [2.75, 3.05) is 20.6 Å². The predicted octanol–water partition coefficient (Wildman–Crippen LogP) is 2.22. The molecule has 0 saturated carbocycles. The molecule has 2 aromatic rings. The Morgan fingerprint density at radius 2 is 1.75 bits per heavy atom. The molecule has 0 aliphatic carbocycles. The summed E-state index contributed by atoms with van der Waals surface area (Å²) < 4.78 is 27.2. The van der Waals surface area contributed by atoms with Crippen molar-refractivity contribution in [3.05, 3.63) is 65.2 Å². The monoisotopic (exact) mass is 346 g/mol. The highest BCUT2D eigenvalue weighted by Crippen LogP contribution is 2.12. The van der Waals surface area contributed by atoms with Crippen LogP contribution in [0, 0.1) is 6.92 Å². The first-order valence-electron chi connectivity index (χ1n) is 7.66. The van der Waals surface area contributed by atoms with Crippen molar-refractivity contribution in [1.82, 2.24) is 9.62 Å². The van der Waals surface area contributed by atoms with Crippen LogP contribution in [0.1, 0.15) is 21.5 Å². The third-order valence-electron chi connectivity index (χ3n) is 3.61. The molecule has 0 saturated heterocycles. The average molecular weight is 346 g/mol. The highest BCUT2D eigenvalue weighted by molar-refractivity contribution is 7.89. The molecule has 0 aliphatic rings. The number of carbonyl (C=O) groups is 1. The van der Waals surface area contributed by atoms with Gasteiger partial charge in [0.05, 0.1) is 4.90 Å². The summed E-state index contributed by atoms with van der Waals surface area (Å²) >= 11 is 0. The fourth-order valence-corrected chi connectivity index (χ4v) is 3.35. The van der Waals surface area contributed by atoms with Crippen molar-refractivity contribution in [3.8, 4) is 0 Å². The minimum Gasteiger partial charge on any atom is -0.345 e. The van der Waals surface area contributed by atoms with Gasteiger partial charge in [-0.1, -0.05) is 29.8 Å². The molecule has 0 bridgehead atoms. The van der Waals surface area contributed by atoms with Crippen molar-refractivity contribution in [3.63, 3.8) is 0 Å². The smallest absolute Gasteiger partial charge is 0.253 e. The maximum absolute atomic E-state index is 12.3. The summed E-state index contributed by atoms with van der Waals surface area (Å²) in [6, 6.07) is 13.9. The maximum Gasteiger partial charge on any atom is 0.253 e. The number of amides is 1. The Morgan fingerprint density at radius 1 is 1.08 bits per heavy atom. The van der Waals surface area contributed by atoms with Crippen LogP contribution in [0.15, 0.2) is 53.4 Å². The largest absolute Gasteiger partial charge is 0.345 e. The summed E-state index contributed by atoms with van der Waals surface area (Å²) in [5.74, 6) is -0.161. The third kappa shape index (κ3) is 4.66. The summed E-state index contributed by atoms with van der Waals surface area (Å²) in [6.07, 6.45) is 0.623. The molecule has 0 fully saturated rings. The van der Waals surface area contributed by atoms with Gasteiger partial charge in [-0.3, -0.25) is 4.79 Å². The van der Waals surface area contributed by atoms with E-state index in [1.807, 2.05) is 31.2 Å². The lowest BCUT2D eigenvalue weighted by Gasteiger charge is -2.11. The molecule has 128 valence electrons. The van der Waals surface area contributed by atoms with Crippen LogP contribution < -0.4 is 4.72 Å². The van der Waals surface area contributed by atoms with E-state index in [1.54, 1.807) is 14.1 Å². The molecule has 2 rings (SSSR count). The van der Waals surface area contributed by atoms with Crippen LogP contribution in [0.5, 0.6) is 0 Å². The van der Waals surface area contributed by atoms with Crippen molar-refractivity contribution in [2.45, 2.75) is 18.2 Å². The van der Waals surface area contributed by atoms with Crippen molar-refractivity contribution >= 4 is 15.9 Å². The van der Waals surface area contributed by atoms with Gasteiger partial charge >= 0.3 is 0 Å². The fraction of sp³-hybridized carbons (Fsp3) is 0.278. The summed E-state index contributed by atoms with van der Waals surface area (Å²) in [7, 11) is -0.273. The molecule has 1 amide bonds. The van der Waals surface area contributed by atoms with Gasteiger partial charge in [0.1, 0.15) is 0 Å². The van der Waals surface area contributed by atoms with E-state index in [0.717, 1.165) is 11.1 Å². The summed E-state index contributed by atoms with van der Waals surface area (Å²) in [5.41, 5.74) is 2.69. The number of hydrogen-bond donors (Lipinski definition) is 1. The van der Waals surface area contributed by atoms with Gasteiger partial charge in [0.15, 0.2) is 0 Å². The van der Waals surface area contributed by atoms with Gasteiger partial charge in [0.25, 0.3) is 5.91 Å². The molecule has 0 aliphatic heterocycles. The zero-order chi connectivity index (χ0) is 17.7. The molecular formula is C18H22N2O3S. The van der Waals surface area contributed by atoms with E-state index in [9.17, 15) is 13.2 Å². The Labute approximate surface area is 143 Å². The van der Waals surface area contributed by atoms with Gasteiger partial charge in [0.2, 0.25) is 10.0 Å². The predicted molar refractivity (Wildman–Crippen MR) is 94.5 cm³/mol. The number of carbonyl (C=O) groups excluding carboxylic acids is 1. The van der Waals surface area contributed by atoms with Crippen molar-refractivity contribution in [1.29, 1.82) is 0 Å². The SMILES string of the molecule is Cc1cccc(CCNS(=O)(=O)c2ccc(C(=O)N(C)C)cc2)c1. The number of nitrogens with zero attached hydrogens (tertiary/aromatic N) is 1. The molecule has 0 heterocycles. The van der Waals surface area contributed by atoms with Crippen molar-refractivity contribution in [2.24, 2.45) is 0 Å². The second kappa shape index (κ2) is 7.59. The van der Waals surface area contributed by atoms with Crippen LogP contribution >= 0.6 is 0 Å². The van der Waals surface area contributed by atoms with Gasteiger partial charge in [0, 0.05) is 26.2 Å². The number of benzene rings is 2. The lowest BCUT2D eigenvalue weighted by atomic mass is 10.1. The van der Waals surface area contributed by atoms with Crippen LogP contribution in [-0.2, 0) is 16.4 Å². The number of sulfonamides is 1. The van der Waals surface area contributed by atoms with Gasteiger partial charge in [-0.15, -0.1) is 0 Å². The molecule has 5 nitrogen and oxygen atoms in total. The first-order valence-corrected chi connectivity index (χ1v) is 9.15. The van der Waals surface area contributed by atoms with Crippen molar-refractivity contribution < 1.29 is 13.2 Å². The Hall–Kier alpha value is -2.18. The van der Waals surface area contributed by atoms with E-state index >= 15 is 0 Å². The van der Waals surface area contributed by atoms with Gasteiger partial charge < -0.3 is 4.90 Å². The van der Waals surface area contributed by atoms with Gasteiger partial charge in [-0.25, -0.2) is 13.1 Å². The minimum absolute atomic E-state index is 0.155. The molecule has 6 heteroatoms. The lowest BCUT2D eigenvalue weighted by Crippen LogP contribution is -2.26. The quantitative estimate of drug-likeness (QED) is 0.872. The fourth-order valence-electron chi connectivity index (χ4n) is 2.32. The van der Waals surface area contributed by atoms with E-state index in [2.05, 4.69) is 4.72 Å².